The third kappa shape index (κ3) is 2.61. The minimum Gasteiger partial charge on any atom is -0.272 e. The highest BCUT2D eigenvalue weighted by Crippen LogP contribution is 2.17. The average molecular weight is 312 g/mol. The van der Waals surface area contributed by atoms with Gasteiger partial charge in [-0.3, -0.25) is 24.9 Å². The largest absolute Gasteiger partial charge is 0.346 e. The number of hydrazine groups is 1. The second kappa shape index (κ2) is 5.68. The molecule has 7 heteroatoms. The monoisotopic (exact) mass is 312 g/mol. The minimum absolute atomic E-state index is 0.173. The Hall–Kier alpha value is -2.96. The average Bonchev–Trinajstić information content (AvgIpc) is 2.80. The number of carbonyl (C=O) groups is 3. The molecule has 0 bridgehead atoms. The molecule has 3 rings (SSSR count). The minimum atomic E-state index is -0.529. The van der Waals surface area contributed by atoms with Gasteiger partial charge in [-0.2, -0.15) is 0 Å². The van der Waals surface area contributed by atoms with Crippen LogP contribution in [0.4, 0.5) is 4.79 Å². The van der Waals surface area contributed by atoms with Gasteiger partial charge in [-0.1, -0.05) is 24.3 Å². The van der Waals surface area contributed by atoms with Gasteiger partial charge < -0.3 is 0 Å². The Bertz CT molecular complexity index is 798. The summed E-state index contributed by atoms with van der Waals surface area (Å²) >= 11 is 0. The summed E-state index contributed by atoms with van der Waals surface area (Å²) in [6, 6.07) is 8.36. The Balaban J connectivity index is 1.85. The van der Waals surface area contributed by atoms with Crippen LogP contribution in [-0.4, -0.2) is 45.3 Å². The van der Waals surface area contributed by atoms with E-state index in [1.54, 1.807) is 26.0 Å². The molecule has 2 aromatic rings. The van der Waals surface area contributed by atoms with Crippen molar-refractivity contribution in [3.63, 3.8) is 0 Å². The summed E-state index contributed by atoms with van der Waals surface area (Å²) in [5.41, 5.74) is 2.69. The third-order valence-corrected chi connectivity index (χ3v) is 3.64. The lowest BCUT2D eigenvalue weighted by Crippen LogP contribution is -2.46. The first-order valence-electron chi connectivity index (χ1n) is 7.27. The highest BCUT2D eigenvalue weighted by atomic mass is 16.2. The van der Waals surface area contributed by atoms with Crippen LogP contribution in [0, 0.1) is 0 Å². The van der Waals surface area contributed by atoms with Crippen LogP contribution < -0.4 is 5.43 Å². The normalized spacial score (nSPS) is 14.9. The van der Waals surface area contributed by atoms with Crippen LogP contribution in [0.2, 0.25) is 0 Å². The van der Waals surface area contributed by atoms with Crippen LogP contribution in [-0.2, 0) is 4.79 Å². The van der Waals surface area contributed by atoms with Crippen LogP contribution in [0.15, 0.2) is 36.5 Å². The first-order valence-corrected chi connectivity index (χ1v) is 7.27. The first kappa shape index (κ1) is 15.0. The van der Waals surface area contributed by atoms with Gasteiger partial charge in [-0.05, 0) is 25.3 Å². The SMILES string of the molecule is CC(C)N1C(=O)CN(NC(=O)c2nccc3ccccc23)C1=O. The molecule has 7 nitrogen and oxygen atoms in total. The summed E-state index contributed by atoms with van der Waals surface area (Å²) in [6.07, 6.45) is 1.54. The fraction of sp³-hybridized carbons (Fsp3) is 0.250. The molecule has 1 aliphatic heterocycles. The standard InChI is InChI=1S/C16H16N4O3/c1-10(2)20-13(21)9-19(16(20)23)18-15(22)14-12-6-4-3-5-11(12)7-8-17-14/h3-8,10H,9H2,1-2H3,(H,18,22). The lowest BCUT2D eigenvalue weighted by molar-refractivity contribution is -0.126. The number of hydrogen-bond acceptors (Lipinski definition) is 4. The number of fused-ring (bicyclic) bond motifs is 1. The smallest absolute Gasteiger partial charge is 0.272 e. The molecule has 0 unspecified atom stereocenters. The molecule has 1 fully saturated rings. The van der Waals surface area contributed by atoms with Crippen LogP contribution in [0.3, 0.4) is 0 Å². The molecular formula is C16H16N4O3. The molecule has 1 saturated heterocycles. The van der Waals surface area contributed by atoms with E-state index in [1.807, 2.05) is 18.2 Å². The van der Waals surface area contributed by atoms with Gasteiger partial charge in [-0.25, -0.2) is 9.80 Å². The van der Waals surface area contributed by atoms with Crippen molar-refractivity contribution in [1.29, 1.82) is 0 Å². The van der Waals surface area contributed by atoms with E-state index < -0.39 is 11.9 Å². The van der Waals surface area contributed by atoms with Crippen LogP contribution in [0.1, 0.15) is 24.3 Å². The van der Waals surface area contributed by atoms with Crippen molar-refractivity contribution in [2.24, 2.45) is 0 Å². The number of pyridine rings is 1. The van der Waals surface area contributed by atoms with Gasteiger partial charge >= 0.3 is 6.03 Å². The highest BCUT2D eigenvalue weighted by Gasteiger charge is 2.38. The fourth-order valence-corrected chi connectivity index (χ4v) is 2.59. The van der Waals surface area contributed by atoms with Gasteiger partial charge in [0.15, 0.2) is 0 Å². The van der Waals surface area contributed by atoms with Gasteiger partial charge in [0.05, 0.1) is 0 Å². The van der Waals surface area contributed by atoms with Crippen molar-refractivity contribution in [2.45, 2.75) is 19.9 Å². The van der Waals surface area contributed by atoms with E-state index in [9.17, 15) is 14.4 Å². The van der Waals surface area contributed by atoms with Crippen LogP contribution in [0.25, 0.3) is 10.8 Å². The zero-order chi connectivity index (χ0) is 16.6. The van der Waals surface area contributed by atoms with Crippen molar-refractivity contribution >= 4 is 28.6 Å². The second-order valence-electron chi connectivity index (χ2n) is 5.55. The second-order valence-corrected chi connectivity index (χ2v) is 5.55. The molecule has 0 saturated carbocycles. The van der Waals surface area contributed by atoms with E-state index in [2.05, 4.69) is 10.4 Å². The predicted molar refractivity (Wildman–Crippen MR) is 83.3 cm³/mol. The van der Waals surface area contributed by atoms with Crippen molar-refractivity contribution in [3.8, 4) is 0 Å². The van der Waals surface area contributed by atoms with Crippen LogP contribution >= 0.6 is 0 Å². The fourth-order valence-electron chi connectivity index (χ4n) is 2.59. The number of amides is 4. The Kier molecular flexibility index (Phi) is 3.69. The van der Waals surface area contributed by atoms with Crippen molar-refractivity contribution in [1.82, 2.24) is 20.3 Å². The Morgan fingerprint density at radius 2 is 1.96 bits per heavy atom. The van der Waals surface area contributed by atoms with Gasteiger partial charge in [-0.15, -0.1) is 0 Å². The Morgan fingerprint density at radius 1 is 1.22 bits per heavy atom. The maximum Gasteiger partial charge on any atom is 0.346 e. The topological polar surface area (TPSA) is 82.6 Å². The molecule has 118 valence electrons. The molecule has 4 amide bonds. The first-order chi connectivity index (χ1) is 11.0. The molecule has 1 N–H and O–H groups in total. The van der Waals surface area contributed by atoms with Crippen molar-refractivity contribution in [2.75, 3.05) is 6.54 Å². The number of aromatic nitrogens is 1. The number of urea groups is 1. The molecular weight excluding hydrogens is 296 g/mol. The van der Waals surface area contributed by atoms with Gasteiger partial charge in [0, 0.05) is 17.6 Å². The predicted octanol–water partition coefficient (Wildman–Crippen LogP) is 1.55. The number of nitrogens with one attached hydrogen (secondary N) is 1. The number of nitrogens with zero attached hydrogens (tertiary/aromatic N) is 3. The van der Waals surface area contributed by atoms with Crippen molar-refractivity contribution < 1.29 is 14.4 Å². The summed E-state index contributed by atoms with van der Waals surface area (Å²) in [4.78, 5) is 41.7. The van der Waals surface area contributed by atoms with Crippen LogP contribution in [0.5, 0.6) is 0 Å². The van der Waals surface area contributed by atoms with E-state index in [1.165, 1.54) is 6.20 Å². The molecule has 0 spiro atoms. The number of hydrogen-bond donors (Lipinski definition) is 1. The zero-order valence-electron chi connectivity index (χ0n) is 12.8. The number of rotatable bonds is 3. The molecule has 2 heterocycles. The summed E-state index contributed by atoms with van der Waals surface area (Å²) in [7, 11) is 0. The Morgan fingerprint density at radius 3 is 2.65 bits per heavy atom. The summed E-state index contributed by atoms with van der Waals surface area (Å²) in [6.45, 7) is 3.31. The number of benzene rings is 1. The highest BCUT2D eigenvalue weighted by molar-refractivity contribution is 6.07. The molecule has 1 aromatic carbocycles. The quantitative estimate of drug-likeness (QED) is 0.872. The number of imide groups is 1. The lowest BCUT2D eigenvalue weighted by Gasteiger charge is -2.20. The lowest BCUT2D eigenvalue weighted by atomic mass is 10.1. The number of carbonyl (C=O) groups excluding carboxylic acids is 3. The molecule has 0 aliphatic carbocycles. The molecule has 1 aliphatic rings. The Labute approximate surface area is 132 Å². The van der Waals surface area contributed by atoms with E-state index in [0.29, 0.717) is 5.39 Å². The van der Waals surface area contributed by atoms with E-state index >= 15 is 0 Å². The van der Waals surface area contributed by atoms with Crippen molar-refractivity contribution in [3.05, 3.63) is 42.2 Å². The van der Waals surface area contributed by atoms with E-state index in [-0.39, 0.29) is 24.2 Å². The summed E-state index contributed by atoms with van der Waals surface area (Å²) in [5.74, 6) is -0.857. The molecule has 1 aromatic heterocycles. The van der Waals surface area contributed by atoms with E-state index in [0.717, 1.165) is 15.3 Å². The maximum absolute atomic E-state index is 12.4. The summed E-state index contributed by atoms with van der Waals surface area (Å²) in [5, 5.41) is 2.58. The van der Waals surface area contributed by atoms with Gasteiger partial charge in [0.1, 0.15) is 12.2 Å². The maximum atomic E-state index is 12.4. The third-order valence-electron chi connectivity index (χ3n) is 3.64. The molecule has 0 atom stereocenters. The van der Waals surface area contributed by atoms with Gasteiger partial charge in [0.25, 0.3) is 11.8 Å². The molecule has 23 heavy (non-hydrogen) atoms. The zero-order valence-corrected chi connectivity index (χ0v) is 12.8. The summed E-state index contributed by atoms with van der Waals surface area (Å²) < 4.78 is 0. The van der Waals surface area contributed by atoms with Gasteiger partial charge in [0.2, 0.25) is 0 Å². The molecule has 0 radical (unpaired) electrons. The van der Waals surface area contributed by atoms with E-state index in [4.69, 9.17) is 0 Å².